The van der Waals surface area contributed by atoms with Gasteiger partial charge in [-0.25, -0.2) is 0 Å². The van der Waals surface area contributed by atoms with Gasteiger partial charge in [0.15, 0.2) is 0 Å². The topological polar surface area (TPSA) is 35.6 Å². The van der Waals surface area contributed by atoms with E-state index >= 15 is 0 Å². The van der Waals surface area contributed by atoms with E-state index in [9.17, 15) is 31.1 Å². The lowest BCUT2D eigenvalue weighted by atomic mass is 9.83. The molecule has 2 atom stereocenters. The number of alkyl halides is 6. The minimum absolute atomic E-state index is 0.0427. The number of benzene rings is 2. The van der Waals surface area contributed by atoms with Gasteiger partial charge in [0.25, 0.3) is 5.91 Å². The van der Waals surface area contributed by atoms with E-state index in [1.807, 2.05) is 30.3 Å². The van der Waals surface area contributed by atoms with Gasteiger partial charge >= 0.3 is 12.4 Å². The highest BCUT2D eigenvalue weighted by Crippen LogP contribution is 2.38. The van der Waals surface area contributed by atoms with Crippen LogP contribution in [0.25, 0.3) is 0 Å². The second-order valence-corrected chi connectivity index (χ2v) is 9.56. The molecule has 0 radical (unpaired) electrons. The first kappa shape index (κ1) is 26.5. The zero-order chi connectivity index (χ0) is 26.1. The van der Waals surface area contributed by atoms with E-state index in [0.29, 0.717) is 37.7 Å². The molecule has 0 spiro atoms. The highest BCUT2D eigenvalue weighted by molar-refractivity contribution is 5.94. The minimum Gasteiger partial charge on any atom is -0.338 e. The molecule has 36 heavy (non-hydrogen) atoms. The number of amides is 1. The SMILES string of the molecule is CN(C(=O)c1cc(C(F)(F)F)cc(C(F)(F)F)c1)[C@@H]1CCN(C2CCNCC2)C[C@H]1c1ccccc1. The predicted octanol–water partition coefficient (Wildman–Crippen LogP) is 5.41. The van der Waals surface area contributed by atoms with E-state index in [1.54, 1.807) is 0 Å². The molecular weight excluding hydrogens is 484 g/mol. The zero-order valence-corrected chi connectivity index (χ0v) is 19.9. The van der Waals surface area contributed by atoms with Crippen molar-refractivity contribution >= 4 is 5.91 Å². The first-order valence-corrected chi connectivity index (χ1v) is 12.0. The normalized spacial score (nSPS) is 22.4. The molecule has 2 aliphatic rings. The largest absolute Gasteiger partial charge is 0.416 e. The van der Waals surface area contributed by atoms with Crippen LogP contribution in [0, 0.1) is 0 Å². The van der Waals surface area contributed by atoms with Gasteiger partial charge in [-0.2, -0.15) is 26.3 Å². The van der Waals surface area contributed by atoms with Crippen LogP contribution in [-0.4, -0.2) is 61.0 Å². The molecule has 10 heteroatoms. The van der Waals surface area contributed by atoms with Crippen molar-refractivity contribution in [3.05, 3.63) is 70.8 Å². The fraction of sp³-hybridized carbons (Fsp3) is 0.500. The van der Waals surface area contributed by atoms with Crippen LogP contribution in [0.4, 0.5) is 26.3 Å². The van der Waals surface area contributed by atoms with Gasteiger partial charge < -0.3 is 10.2 Å². The predicted molar refractivity (Wildman–Crippen MR) is 124 cm³/mol. The van der Waals surface area contributed by atoms with E-state index in [2.05, 4.69) is 10.2 Å². The Balaban J connectivity index is 1.64. The highest BCUT2D eigenvalue weighted by Gasteiger charge is 2.40. The average molecular weight is 514 g/mol. The summed E-state index contributed by atoms with van der Waals surface area (Å²) in [7, 11) is 1.47. The van der Waals surface area contributed by atoms with Gasteiger partial charge in [-0.1, -0.05) is 30.3 Å². The van der Waals surface area contributed by atoms with Crippen LogP contribution in [0.2, 0.25) is 0 Å². The summed E-state index contributed by atoms with van der Waals surface area (Å²) in [6.45, 7) is 3.21. The fourth-order valence-corrected chi connectivity index (χ4v) is 5.39. The number of likely N-dealkylation sites (tertiary alicyclic amines) is 1. The number of halogens is 6. The molecule has 0 aliphatic carbocycles. The van der Waals surface area contributed by atoms with E-state index in [0.717, 1.165) is 31.5 Å². The number of hydrogen-bond donors (Lipinski definition) is 1. The summed E-state index contributed by atoms with van der Waals surface area (Å²) in [6, 6.07) is 10.6. The molecule has 1 amide bonds. The number of rotatable bonds is 4. The van der Waals surface area contributed by atoms with Crippen molar-refractivity contribution in [1.29, 1.82) is 0 Å². The van der Waals surface area contributed by atoms with Crippen LogP contribution >= 0.6 is 0 Å². The number of hydrogen-bond acceptors (Lipinski definition) is 3. The molecule has 2 aromatic carbocycles. The molecule has 1 N–H and O–H groups in total. The Hall–Kier alpha value is -2.59. The first-order chi connectivity index (χ1) is 16.9. The maximum atomic E-state index is 13.4. The van der Waals surface area contributed by atoms with Crippen LogP contribution < -0.4 is 5.32 Å². The summed E-state index contributed by atoms with van der Waals surface area (Å²) >= 11 is 0. The third kappa shape index (κ3) is 5.86. The van der Waals surface area contributed by atoms with Crippen molar-refractivity contribution in [1.82, 2.24) is 15.1 Å². The molecule has 4 rings (SSSR count). The van der Waals surface area contributed by atoms with Gasteiger partial charge in [0, 0.05) is 43.7 Å². The molecule has 2 aliphatic heterocycles. The molecular formula is C26H29F6N3O. The van der Waals surface area contributed by atoms with Crippen molar-refractivity contribution in [2.45, 2.75) is 49.6 Å². The van der Waals surface area contributed by atoms with Gasteiger partial charge in [0.05, 0.1) is 11.1 Å². The van der Waals surface area contributed by atoms with Crippen LogP contribution in [0.1, 0.15) is 52.2 Å². The minimum atomic E-state index is -5.01. The highest BCUT2D eigenvalue weighted by atomic mass is 19.4. The summed E-state index contributed by atoms with van der Waals surface area (Å²) in [5, 5.41) is 3.35. The second-order valence-electron chi connectivity index (χ2n) is 9.56. The number of carbonyl (C=O) groups excluding carboxylic acids is 1. The zero-order valence-electron chi connectivity index (χ0n) is 19.9. The summed E-state index contributed by atoms with van der Waals surface area (Å²) in [5.74, 6) is -0.982. The third-order valence-corrected chi connectivity index (χ3v) is 7.31. The lowest BCUT2D eigenvalue weighted by molar-refractivity contribution is -0.143. The van der Waals surface area contributed by atoms with Gasteiger partial charge in [0.1, 0.15) is 0 Å². The Labute approximate surface area is 206 Å². The Bertz CT molecular complexity index is 1020. The van der Waals surface area contributed by atoms with Crippen LogP contribution in [0.5, 0.6) is 0 Å². The standard InChI is InChI=1S/C26H29F6N3O/c1-34(24(36)18-13-19(25(27,28)29)15-20(14-18)26(30,31)32)23-9-12-35(21-7-10-33-11-8-21)16-22(23)17-5-3-2-4-6-17/h2-6,13-15,21-23,33H,7-12,16H2,1H3/t22-,23+/m0/s1. The third-order valence-electron chi connectivity index (χ3n) is 7.31. The Kier molecular flexibility index (Phi) is 7.66. The van der Waals surface area contributed by atoms with Crippen LogP contribution in [0.15, 0.2) is 48.5 Å². The number of nitrogens with one attached hydrogen (secondary N) is 1. The molecule has 2 aromatic rings. The van der Waals surface area contributed by atoms with Crippen LogP contribution in [0.3, 0.4) is 0 Å². The molecule has 4 nitrogen and oxygen atoms in total. The first-order valence-electron chi connectivity index (χ1n) is 12.0. The molecule has 2 fully saturated rings. The van der Waals surface area contributed by atoms with Gasteiger partial charge in [-0.15, -0.1) is 0 Å². The Morgan fingerprint density at radius 3 is 2.06 bits per heavy atom. The number of carbonyl (C=O) groups is 1. The monoisotopic (exact) mass is 513 g/mol. The van der Waals surface area contributed by atoms with Gasteiger partial charge in [-0.05, 0) is 56.1 Å². The smallest absolute Gasteiger partial charge is 0.338 e. The molecule has 0 bridgehead atoms. The van der Waals surface area contributed by atoms with Crippen molar-refractivity contribution < 1.29 is 31.1 Å². The quantitative estimate of drug-likeness (QED) is 0.556. The van der Waals surface area contributed by atoms with E-state index in [1.165, 1.54) is 11.9 Å². The number of nitrogens with zero attached hydrogens (tertiary/aromatic N) is 2. The molecule has 0 aromatic heterocycles. The molecule has 0 saturated carbocycles. The van der Waals surface area contributed by atoms with E-state index < -0.39 is 35.0 Å². The Morgan fingerprint density at radius 2 is 1.50 bits per heavy atom. The average Bonchev–Trinajstić information content (AvgIpc) is 2.87. The van der Waals surface area contributed by atoms with E-state index in [4.69, 9.17) is 0 Å². The molecule has 2 saturated heterocycles. The van der Waals surface area contributed by atoms with Gasteiger partial charge in [-0.3, -0.25) is 9.69 Å². The van der Waals surface area contributed by atoms with Gasteiger partial charge in [0.2, 0.25) is 0 Å². The summed E-state index contributed by atoms with van der Waals surface area (Å²) < 4.78 is 80.1. The fourth-order valence-electron chi connectivity index (χ4n) is 5.39. The van der Waals surface area contributed by atoms with Crippen molar-refractivity contribution in [2.24, 2.45) is 0 Å². The molecule has 196 valence electrons. The molecule has 2 heterocycles. The van der Waals surface area contributed by atoms with Crippen molar-refractivity contribution in [2.75, 3.05) is 33.2 Å². The number of likely N-dealkylation sites (N-methyl/N-ethyl adjacent to an activating group) is 1. The summed E-state index contributed by atoms with van der Waals surface area (Å²) in [4.78, 5) is 17.1. The van der Waals surface area contributed by atoms with Crippen molar-refractivity contribution in [3.63, 3.8) is 0 Å². The maximum Gasteiger partial charge on any atom is 0.416 e. The second kappa shape index (κ2) is 10.4. The number of piperidine rings is 2. The summed E-state index contributed by atoms with van der Waals surface area (Å²) in [5.41, 5.74) is -2.61. The van der Waals surface area contributed by atoms with Crippen LogP contribution in [-0.2, 0) is 12.4 Å². The van der Waals surface area contributed by atoms with E-state index in [-0.39, 0.29) is 18.0 Å². The lowest BCUT2D eigenvalue weighted by Crippen LogP contribution is -2.54. The lowest BCUT2D eigenvalue weighted by Gasteiger charge is -2.46. The maximum absolute atomic E-state index is 13.4. The molecule has 0 unspecified atom stereocenters. The van der Waals surface area contributed by atoms with Crippen molar-refractivity contribution in [3.8, 4) is 0 Å². The Morgan fingerprint density at radius 1 is 0.917 bits per heavy atom. The summed E-state index contributed by atoms with van der Waals surface area (Å²) in [6.07, 6.45) is -7.45.